The largest absolute Gasteiger partial charge is 0.373 e. The molecule has 2 heteroatoms. The Hall–Kier alpha value is -0.860. The minimum Gasteiger partial charge on any atom is -0.373 e. The van der Waals surface area contributed by atoms with Gasteiger partial charge in [0.15, 0.2) is 0 Å². The van der Waals surface area contributed by atoms with Crippen LogP contribution in [0.15, 0.2) is 24.3 Å². The van der Waals surface area contributed by atoms with E-state index in [9.17, 15) is 0 Å². The van der Waals surface area contributed by atoms with Crippen LogP contribution < -0.4 is 0 Å². The molecule has 148 valence electrons. The Kier molecular flexibility index (Phi) is 11.0. The average molecular weight is 361 g/mol. The van der Waals surface area contributed by atoms with Crippen molar-refractivity contribution in [1.29, 1.82) is 0 Å². The lowest BCUT2D eigenvalue weighted by Gasteiger charge is -2.30. The Morgan fingerprint density at radius 3 is 2.00 bits per heavy atom. The first-order chi connectivity index (χ1) is 12.8. The molecule has 1 fully saturated rings. The molecule has 1 saturated heterocycles. The SMILES string of the molecule is CCCCCCCc1ccc([C@H]2CO[C@H](CCCCCCC)CO2)cc1. The molecule has 0 saturated carbocycles. The van der Waals surface area contributed by atoms with Gasteiger partial charge in [0, 0.05) is 0 Å². The Bertz CT molecular complexity index is 446. The van der Waals surface area contributed by atoms with E-state index in [2.05, 4.69) is 38.1 Å². The van der Waals surface area contributed by atoms with Crippen LogP contribution in [0.4, 0.5) is 0 Å². The number of rotatable bonds is 13. The minimum absolute atomic E-state index is 0.116. The highest BCUT2D eigenvalue weighted by Gasteiger charge is 2.23. The van der Waals surface area contributed by atoms with Crippen LogP contribution in [0.1, 0.15) is 102 Å². The highest BCUT2D eigenvalue weighted by molar-refractivity contribution is 5.24. The summed E-state index contributed by atoms with van der Waals surface area (Å²) in [6.07, 6.45) is 16.1. The van der Waals surface area contributed by atoms with Gasteiger partial charge in [-0.1, -0.05) is 95.9 Å². The van der Waals surface area contributed by atoms with E-state index in [1.165, 1.54) is 81.8 Å². The van der Waals surface area contributed by atoms with E-state index in [1.807, 2.05) is 0 Å². The molecule has 0 radical (unpaired) electrons. The fourth-order valence-electron chi connectivity index (χ4n) is 3.71. The van der Waals surface area contributed by atoms with Crippen molar-refractivity contribution in [2.24, 2.45) is 0 Å². The summed E-state index contributed by atoms with van der Waals surface area (Å²) in [5, 5.41) is 0. The van der Waals surface area contributed by atoms with Gasteiger partial charge in [0.25, 0.3) is 0 Å². The molecular formula is C24H40O2. The Labute approximate surface area is 161 Å². The standard InChI is InChI=1S/C24H40O2/c1-3-5-7-9-11-13-21-15-17-22(18-16-21)24-20-25-23(19-26-24)14-12-10-8-6-4-2/h15-18,23-24H,3-14,19-20H2,1-2H3/t23-,24-/m1/s1. The highest BCUT2D eigenvalue weighted by Crippen LogP contribution is 2.25. The smallest absolute Gasteiger partial charge is 0.106 e. The second kappa shape index (κ2) is 13.3. The fourth-order valence-corrected chi connectivity index (χ4v) is 3.71. The lowest BCUT2D eigenvalue weighted by atomic mass is 10.0. The first-order valence-corrected chi connectivity index (χ1v) is 11.2. The van der Waals surface area contributed by atoms with E-state index in [4.69, 9.17) is 9.47 Å². The van der Waals surface area contributed by atoms with Crippen molar-refractivity contribution < 1.29 is 9.47 Å². The molecule has 0 N–H and O–H groups in total. The van der Waals surface area contributed by atoms with Crippen molar-refractivity contribution >= 4 is 0 Å². The Morgan fingerprint density at radius 1 is 0.731 bits per heavy atom. The third kappa shape index (κ3) is 8.22. The number of benzene rings is 1. The molecule has 1 aromatic rings. The van der Waals surface area contributed by atoms with E-state index < -0.39 is 0 Å². The first kappa shape index (κ1) is 21.4. The van der Waals surface area contributed by atoms with Gasteiger partial charge in [-0.05, 0) is 30.4 Å². The van der Waals surface area contributed by atoms with Crippen molar-refractivity contribution in [3.63, 3.8) is 0 Å². The summed E-state index contributed by atoms with van der Waals surface area (Å²) in [6, 6.07) is 9.03. The van der Waals surface area contributed by atoms with Crippen LogP contribution in [-0.4, -0.2) is 19.3 Å². The van der Waals surface area contributed by atoms with Gasteiger partial charge in [-0.2, -0.15) is 0 Å². The molecule has 1 heterocycles. The molecule has 2 rings (SSSR count). The predicted octanol–water partition coefficient (Wildman–Crippen LogP) is 7.02. The van der Waals surface area contributed by atoms with Crippen LogP contribution in [0.5, 0.6) is 0 Å². The number of hydrogen-bond donors (Lipinski definition) is 0. The maximum absolute atomic E-state index is 6.10. The van der Waals surface area contributed by atoms with Crippen LogP contribution in [0.2, 0.25) is 0 Å². The van der Waals surface area contributed by atoms with Crippen LogP contribution in [-0.2, 0) is 15.9 Å². The molecule has 0 amide bonds. The summed E-state index contributed by atoms with van der Waals surface area (Å²) in [7, 11) is 0. The normalized spacial score (nSPS) is 20.4. The molecule has 0 unspecified atom stereocenters. The first-order valence-electron chi connectivity index (χ1n) is 11.2. The molecule has 26 heavy (non-hydrogen) atoms. The van der Waals surface area contributed by atoms with Gasteiger partial charge >= 0.3 is 0 Å². The maximum atomic E-state index is 6.10. The highest BCUT2D eigenvalue weighted by atomic mass is 16.6. The zero-order valence-electron chi connectivity index (χ0n) is 17.2. The van der Waals surface area contributed by atoms with Gasteiger partial charge in [-0.15, -0.1) is 0 Å². The van der Waals surface area contributed by atoms with Gasteiger partial charge in [-0.25, -0.2) is 0 Å². The molecule has 0 bridgehead atoms. The third-order valence-electron chi connectivity index (χ3n) is 5.52. The summed E-state index contributed by atoms with van der Waals surface area (Å²) < 4.78 is 12.2. The summed E-state index contributed by atoms with van der Waals surface area (Å²) in [5.41, 5.74) is 2.72. The zero-order valence-corrected chi connectivity index (χ0v) is 17.2. The summed E-state index contributed by atoms with van der Waals surface area (Å²) in [6.45, 7) is 5.98. The van der Waals surface area contributed by atoms with Gasteiger partial charge in [0.2, 0.25) is 0 Å². The van der Waals surface area contributed by atoms with E-state index in [0.717, 1.165) is 13.0 Å². The van der Waals surface area contributed by atoms with Crippen LogP contribution in [0, 0.1) is 0 Å². The topological polar surface area (TPSA) is 18.5 Å². The lowest BCUT2D eigenvalue weighted by Crippen LogP contribution is -2.31. The Morgan fingerprint density at radius 2 is 1.38 bits per heavy atom. The van der Waals surface area contributed by atoms with E-state index in [-0.39, 0.29) is 6.10 Å². The van der Waals surface area contributed by atoms with E-state index >= 15 is 0 Å². The second-order valence-corrected chi connectivity index (χ2v) is 7.89. The molecule has 1 aromatic carbocycles. The number of ether oxygens (including phenoxy) is 2. The summed E-state index contributed by atoms with van der Waals surface area (Å²) in [4.78, 5) is 0. The molecular weight excluding hydrogens is 320 g/mol. The Balaban J connectivity index is 1.62. The van der Waals surface area contributed by atoms with Crippen LogP contribution in [0.3, 0.4) is 0 Å². The van der Waals surface area contributed by atoms with Gasteiger partial charge < -0.3 is 9.47 Å². The van der Waals surface area contributed by atoms with Crippen LogP contribution in [0.25, 0.3) is 0 Å². The lowest BCUT2D eigenvalue weighted by molar-refractivity contribution is -0.137. The quantitative estimate of drug-likeness (QED) is 0.352. The molecule has 0 aromatic heterocycles. The van der Waals surface area contributed by atoms with Gasteiger partial charge in [-0.3, -0.25) is 0 Å². The van der Waals surface area contributed by atoms with E-state index in [0.29, 0.717) is 12.7 Å². The van der Waals surface area contributed by atoms with Gasteiger partial charge in [0.05, 0.1) is 19.3 Å². The monoisotopic (exact) mass is 360 g/mol. The van der Waals surface area contributed by atoms with Crippen LogP contribution >= 0.6 is 0 Å². The molecule has 1 aliphatic rings. The van der Waals surface area contributed by atoms with E-state index in [1.54, 1.807) is 0 Å². The van der Waals surface area contributed by atoms with Crippen molar-refractivity contribution in [2.75, 3.05) is 13.2 Å². The molecule has 2 nitrogen and oxygen atoms in total. The molecule has 0 aliphatic carbocycles. The number of aryl methyl sites for hydroxylation is 1. The van der Waals surface area contributed by atoms with Gasteiger partial charge in [0.1, 0.15) is 6.10 Å². The maximum Gasteiger partial charge on any atom is 0.106 e. The molecule has 1 aliphatic heterocycles. The number of hydrogen-bond acceptors (Lipinski definition) is 2. The second-order valence-electron chi connectivity index (χ2n) is 7.89. The zero-order chi connectivity index (χ0) is 18.5. The minimum atomic E-state index is 0.116. The predicted molar refractivity (Wildman–Crippen MR) is 111 cm³/mol. The van der Waals surface area contributed by atoms with Crippen molar-refractivity contribution in [2.45, 2.75) is 103 Å². The van der Waals surface area contributed by atoms with Crippen molar-refractivity contribution in [3.8, 4) is 0 Å². The van der Waals surface area contributed by atoms with Crippen molar-refractivity contribution in [3.05, 3.63) is 35.4 Å². The summed E-state index contributed by atoms with van der Waals surface area (Å²) >= 11 is 0. The molecule has 2 atom stereocenters. The third-order valence-corrected chi connectivity index (χ3v) is 5.52. The van der Waals surface area contributed by atoms with Crippen molar-refractivity contribution in [1.82, 2.24) is 0 Å². The molecule has 0 spiro atoms. The number of unbranched alkanes of at least 4 members (excludes halogenated alkanes) is 8. The fraction of sp³-hybridized carbons (Fsp3) is 0.750. The average Bonchev–Trinajstić information content (AvgIpc) is 2.69. The summed E-state index contributed by atoms with van der Waals surface area (Å²) in [5.74, 6) is 0.